The van der Waals surface area contributed by atoms with E-state index in [4.69, 9.17) is 0 Å². The number of halogens is 2. The molecule has 1 saturated heterocycles. The highest BCUT2D eigenvalue weighted by Crippen LogP contribution is 2.39. The molecule has 21 heavy (non-hydrogen) atoms. The topological polar surface area (TPSA) is 28.2 Å². The third-order valence-electron chi connectivity index (χ3n) is 4.88. The van der Waals surface area contributed by atoms with Gasteiger partial charge in [0.05, 0.1) is 0 Å². The Balaban J connectivity index is 2.18. The van der Waals surface area contributed by atoms with E-state index in [1.165, 1.54) is 0 Å². The Hall–Kier alpha value is -1.39. The average Bonchev–Trinajstić information content (AvgIpc) is 2.50. The van der Waals surface area contributed by atoms with E-state index in [9.17, 15) is 8.78 Å². The van der Waals surface area contributed by atoms with Crippen LogP contribution in [0.25, 0.3) is 0 Å². The predicted molar refractivity (Wildman–Crippen MR) is 82.8 cm³/mol. The molecule has 1 aromatic rings. The molecule has 0 atom stereocenters. The summed E-state index contributed by atoms with van der Waals surface area (Å²) >= 11 is 0. The summed E-state index contributed by atoms with van der Waals surface area (Å²) in [6, 6.07) is 0.932. The second kappa shape index (κ2) is 6.58. The number of pyridine rings is 1. The fraction of sp³-hybridized carbons (Fsp3) is 0.688. The van der Waals surface area contributed by atoms with Crippen LogP contribution in [0.4, 0.5) is 20.4 Å². The molecule has 1 N–H and O–H groups in total. The van der Waals surface area contributed by atoms with Gasteiger partial charge in [-0.15, -0.1) is 0 Å². The van der Waals surface area contributed by atoms with Gasteiger partial charge in [0.25, 0.3) is 0 Å². The van der Waals surface area contributed by atoms with Crippen molar-refractivity contribution in [2.24, 2.45) is 5.41 Å². The molecule has 0 spiro atoms. The monoisotopic (exact) mass is 297 g/mol. The second-order valence-corrected chi connectivity index (χ2v) is 5.85. The fourth-order valence-electron chi connectivity index (χ4n) is 3.12. The lowest BCUT2D eigenvalue weighted by Crippen LogP contribution is -2.40. The van der Waals surface area contributed by atoms with Gasteiger partial charge >= 0.3 is 0 Å². The molecule has 1 aliphatic heterocycles. The number of hydrogen-bond donors (Lipinski definition) is 1. The van der Waals surface area contributed by atoms with Crippen molar-refractivity contribution in [1.82, 2.24) is 4.98 Å². The molecule has 0 radical (unpaired) electrons. The van der Waals surface area contributed by atoms with Crippen LogP contribution in [-0.4, -0.2) is 24.6 Å². The number of nitrogens with one attached hydrogen (secondary N) is 1. The van der Waals surface area contributed by atoms with E-state index in [-0.39, 0.29) is 11.6 Å². The van der Waals surface area contributed by atoms with Crippen LogP contribution in [0.3, 0.4) is 0 Å². The molecule has 2 heterocycles. The number of nitrogens with zero attached hydrogens (tertiary/aromatic N) is 2. The second-order valence-electron chi connectivity index (χ2n) is 5.85. The van der Waals surface area contributed by atoms with Gasteiger partial charge in [-0.3, -0.25) is 0 Å². The number of aromatic nitrogens is 1. The molecule has 5 heteroatoms. The van der Waals surface area contributed by atoms with Gasteiger partial charge < -0.3 is 10.2 Å². The number of hydrogen-bond acceptors (Lipinski definition) is 3. The van der Waals surface area contributed by atoms with E-state index >= 15 is 0 Å². The molecule has 1 aromatic heterocycles. The molecule has 1 aliphatic rings. The summed E-state index contributed by atoms with van der Waals surface area (Å²) in [7, 11) is 0. The largest absolute Gasteiger partial charge is 0.368 e. The highest BCUT2D eigenvalue weighted by molar-refractivity contribution is 5.49. The van der Waals surface area contributed by atoms with E-state index in [2.05, 4.69) is 24.1 Å². The van der Waals surface area contributed by atoms with E-state index in [0.29, 0.717) is 12.0 Å². The van der Waals surface area contributed by atoms with Crippen molar-refractivity contribution in [3.63, 3.8) is 0 Å². The Bertz CT molecular complexity index is 477. The van der Waals surface area contributed by atoms with Gasteiger partial charge in [-0.1, -0.05) is 26.7 Å². The van der Waals surface area contributed by atoms with Gasteiger partial charge in [0.1, 0.15) is 0 Å². The summed E-state index contributed by atoms with van der Waals surface area (Å²) in [5, 5.41) is 2.84. The molecule has 1 fully saturated rings. The lowest BCUT2D eigenvalue weighted by molar-refractivity contribution is 0.198. The first-order valence-corrected chi connectivity index (χ1v) is 7.90. The zero-order valence-corrected chi connectivity index (χ0v) is 13.2. The van der Waals surface area contributed by atoms with Gasteiger partial charge in [-0.2, -0.15) is 0 Å². The summed E-state index contributed by atoms with van der Waals surface area (Å²) in [6.45, 7) is 8.43. The predicted octanol–water partition coefficient (Wildman–Crippen LogP) is 4.20. The first-order chi connectivity index (χ1) is 10.0. The minimum absolute atomic E-state index is 0.136. The Morgan fingerprint density at radius 2 is 1.76 bits per heavy atom. The maximum absolute atomic E-state index is 14.0. The Morgan fingerprint density at radius 1 is 1.14 bits per heavy atom. The zero-order chi connectivity index (χ0) is 15.5. The number of piperidine rings is 1. The Morgan fingerprint density at radius 3 is 2.29 bits per heavy atom. The molecule has 0 aliphatic carbocycles. The molecule has 0 unspecified atom stereocenters. The minimum Gasteiger partial charge on any atom is -0.368 e. The van der Waals surface area contributed by atoms with E-state index in [1.54, 1.807) is 0 Å². The number of anilines is 2. The average molecular weight is 297 g/mol. The molecule has 3 nitrogen and oxygen atoms in total. The molecule has 0 aromatic carbocycles. The van der Waals surface area contributed by atoms with Crippen molar-refractivity contribution in [3.05, 3.63) is 17.7 Å². The van der Waals surface area contributed by atoms with E-state index in [1.807, 2.05) is 11.8 Å². The van der Waals surface area contributed by atoms with Crippen molar-refractivity contribution in [1.29, 1.82) is 0 Å². The quantitative estimate of drug-likeness (QED) is 0.883. The molecule has 0 amide bonds. The lowest BCUT2D eigenvalue weighted by Gasteiger charge is -2.41. The van der Waals surface area contributed by atoms with Crippen LogP contribution in [0.2, 0.25) is 0 Å². The van der Waals surface area contributed by atoms with Gasteiger partial charge in [0, 0.05) is 25.7 Å². The highest BCUT2D eigenvalue weighted by atomic mass is 19.1. The smallest absolute Gasteiger partial charge is 0.168 e. The van der Waals surface area contributed by atoms with Crippen molar-refractivity contribution >= 4 is 11.6 Å². The van der Waals surface area contributed by atoms with Crippen molar-refractivity contribution < 1.29 is 8.78 Å². The minimum atomic E-state index is -0.633. The van der Waals surface area contributed by atoms with Gasteiger partial charge in [-0.25, -0.2) is 13.8 Å². The van der Waals surface area contributed by atoms with Crippen LogP contribution in [0.15, 0.2) is 6.07 Å². The summed E-state index contributed by atoms with van der Waals surface area (Å²) in [6.07, 6.45) is 4.38. The molecular formula is C16H25F2N3. The van der Waals surface area contributed by atoms with Gasteiger partial charge in [0.2, 0.25) is 0 Å². The third kappa shape index (κ3) is 3.27. The maximum Gasteiger partial charge on any atom is 0.168 e. The first kappa shape index (κ1) is 16.0. The van der Waals surface area contributed by atoms with Crippen LogP contribution in [0, 0.1) is 17.0 Å². The summed E-state index contributed by atoms with van der Waals surface area (Å²) < 4.78 is 27.7. The SMILES string of the molecule is CCNc1nc(N2CCC(CC)(CC)CC2)c(F)cc1F. The van der Waals surface area contributed by atoms with E-state index in [0.717, 1.165) is 44.8 Å². The fourth-order valence-corrected chi connectivity index (χ4v) is 3.12. The van der Waals surface area contributed by atoms with Crippen molar-refractivity contribution in [2.45, 2.75) is 46.5 Å². The van der Waals surface area contributed by atoms with E-state index < -0.39 is 11.6 Å². The van der Waals surface area contributed by atoms with Crippen molar-refractivity contribution in [2.75, 3.05) is 29.9 Å². The van der Waals surface area contributed by atoms with Crippen LogP contribution < -0.4 is 10.2 Å². The molecule has 2 rings (SSSR count). The molecule has 0 bridgehead atoms. The molecular weight excluding hydrogens is 272 g/mol. The third-order valence-corrected chi connectivity index (χ3v) is 4.88. The van der Waals surface area contributed by atoms with Crippen molar-refractivity contribution in [3.8, 4) is 0 Å². The summed E-state index contributed by atoms with van der Waals surface area (Å²) in [5.41, 5.74) is 0.373. The molecule has 0 saturated carbocycles. The highest BCUT2D eigenvalue weighted by Gasteiger charge is 2.32. The van der Waals surface area contributed by atoms with Gasteiger partial charge in [-0.05, 0) is 25.2 Å². The van der Waals surface area contributed by atoms with Gasteiger partial charge in [0.15, 0.2) is 23.3 Å². The van der Waals surface area contributed by atoms with Crippen LogP contribution in [-0.2, 0) is 0 Å². The Kier molecular flexibility index (Phi) is 5.01. The Labute approximate surface area is 125 Å². The maximum atomic E-state index is 14.0. The van der Waals surface area contributed by atoms with Crippen LogP contribution >= 0.6 is 0 Å². The normalized spacial score (nSPS) is 17.9. The number of rotatable bonds is 5. The lowest BCUT2D eigenvalue weighted by atomic mass is 9.74. The zero-order valence-electron chi connectivity index (χ0n) is 13.2. The first-order valence-electron chi connectivity index (χ1n) is 7.90. The molecule has 118 valence electrons. The van der Waals surface area contributed by atoms with Crippen LogP contribution in [0.5, 0.6) is 0 Å². The summed E-state index contributed by atoms with van der Waals surface area (Å²) in [4.78, 5) is 6.09. The van der Waals surface area contributed by atoms with Crippen LogP contribution in [0.1, 0.15) is 46.5 Å². The summed E-state index contributed by atoms with van der Waals surface area (Å²) in [5.74, 6) is -0.800. The standard InChI is InChI=1S/C16H25F2N3/c1-4-16(5-2)7-9-21(10-8-16)15-13(18)11-12(17)14(20-15)19-6-3/h11H,4-10H2,1-3H3,(H,19,20).